The summed E-state index contributed by atoms with van der Waals surface area (Å²) in [4.78, 5) is 4.44. The summed E-state index contributed by atoms with van der Waals surface area (Å²) in [6.45, 7) is 0.248. The molecule has 0 bridgehead atoms. The first-order valence-corrected chi connectivity index (χ1v) is 6.94. The number of hydrogen-bond donors (Lipinski definition) is 0. The first-order chi connectivity index (χ1) is 10.7. The molecule has 0 saturated heterocycles. The van der Waals surface area contributed by atoms with E-state index >= 15 is 0 Å². The van der Waals surface area contributed by atoms with Crippen LogP contribution in [0.25, 0.3) is 0 Å². The maximum Gasteiger partial charge on any atom is 0.231 e. The van der Waals surface area contributed by atoms with Gasteiger partial charge in [-0.15, -0.1) is 0 Å². The lowest BCUT2D eigenvalue weighted by molar-refractivity contribution is 0.174. The molecule has 1 aliphatic rings. The lowest BCUT2D eigenvalue weighted by Crippen LogP contribution is -1.92. The molecule has 5 nitrogen and oxygen atoms in total. The topological polar surface area (TPSA) is 49.3 Å². The third kappa shape index (κ3) is 2.80. The minimum Gasteiger partial charge on any atom is -0.495 e. The summed E-state index contributed by atoms with van der Waals surface area (Å²) in [5.41, 5.74) is 1.52. The summed E-state index contributed by atoms with van der Waals surface area (Å²) < 4.78 is 21.1. The van der Waals surface area contributed by atoms with Gasteiger partial charge in [0.15, 0.2) is 11.5 Å². The van der Waals surface area contributed by atoms with Gasteiger partial charge < -0.3 is 18.9 Å². The lowest BCUT2D eigenvalue weighted by Gasteiger charge is -2.08. The number of halogens is 1. The fourth-order valence-electron chi connectivity index (χ4n) is 2.08. The number of rotatable bonds is 4. The normalized spacial score (nSPS) is 12.7. The van der Waals surface area contributed by atoms with Gasteiger partial charge in [-0.2, -0.15) is 0 Å². The monoisotopic (exact) mass is 319 g/mol. The molecule has 0 N–H and O–H groups in total. The Morgan fingerprint density at radius 3 is 2.59 bits per heavy atom. The second-order valence-corrected chi connectivity index (χ2v) is 4.94. The van der Waals surface area contributed by atoms with Crippen molar-refractivity contribution >= 4 is 23.5 Å². The number of methoxy groups -OCH3 is 2. The van der Waals surface area contributed by atoms with Crippen molar-refractivity contribution in [2.75, 3.05) is 21.0 Å². The number of fused-ring (bicyclic) bond motifs is 1. The van der Waals surface area contributed by atoms with Crippen molar-refractivity contribution in [3.63, 3.8) is 0 Å². The predicted molar refractivity (Wildman–Crippen MR) is 84.4 cm³/mol. The van der Waals surface area contributed by atoms with E-state index in [0.29, 0.717) is 28.0 Å². The number of nitrogens with zero attached hydrogens (tertiary/aromatic N) is 1. The number of hydrogen-bond acceptors (Lipinski definition) is 5. The molecule has 0 aromatic heterocycles. The Morgan fingerprint density at radius 2 is 1.82 bits per heavy atom. The minimum absolute atomic E-state index is 0.248. The Bertz CT molecular complexity index is 730. The zero-order valence-electron chi connectivity index (χ0n) is 12.1. The van der Waals surface area contributed by atoms with E-state index in [-0.39, 0.29) is 6.79 Å². The van der Waals surface area contributed by atoms with Crippen molar-refractivity contribution in [1.82, 2.24) is 0 Å². The fourth-order valence-corrected chi connectivity index (χ4v) is 2.31. The average Bonchev–Trinajstić information content (AvgIpc) is 3.00. The molecule has 1 heterocycles. The van der Waals surface area contributed by atoms with Crippen LogP contribution in [0.5, 0.6) is 23.0 Å². The number of ether oxygens (including phenoxy) is 4. The molecule has 2 aromatic rings. The van der Waals surface area contributed by atoms with Crippen molar-refractivity contribution in [1.29, 1.82) is 0 Å². The van der Waals surface area contributed by atoms with E-state index in [1.807, 2.05) is 18.2 Å². The quantitative estimate of drug-likeness (QED) is 0.803. The minimum atomic E-state index is 0.248. The molecule has 0 radical (unpaired) electrons. The third-order valence-corrected chi connectivity index (χ3v) is 3.50. The summed E-state index contributed by atoms with van der Waals surface area (Å²) in [6, 6.07) is 9.02. The Balaban J connectivity index is 1.91. The average molecular weight is 320 g/mol. The molecule has 0 saturated carbocycles. The van der Waals surface area contributed by atoms with E-state index in [9.17, 15) is 0 Å². The molecule has 0 unspecified atom stereocenters. The van der Waals surface area contributed by atoms with Crippen LogP contribution in [-0.2, 0) is 0 Å². The van der Waals surface area contributed by atoms with E-state index in [2.05, 4.69) is 4.99 Å². The van der Waals surface area contributed by atoms with E-state index in [1.165, 1.54) is 0 Å². The first-order valence-electron chi connectivity index (χ1n) is 6.56. The highest BCUT2D eigenvalue weighted by Gasteiger charge is 2.13. The highest BCUT2D eigenvalue weighted by molar-refractivity contribution is 6.32. The smallest absolute Gasteiger partial charge is 0.231 e. The van der Waals surface area contributed by atoms with Crippen LogP contribution < -0.4 is 18.9 Å². The van der Waals surface area contributed by atoms with E-state index in [0.717, 1.165) is 11.3 Å². The van der Waals surface area contributed by atoms with Crippen LogP contribution >= 0.6 is 11.6 Å². The van der Waals surface area contributed by atoms with Crippen molar-refractivity contribution < 1.29 is 18.9 Å². The van der Waals surface area contributed by atoms with Crippen molar-refractivity contribution in [3.05, 3.63) is 40.9 Å². The molecule has 22 heavy (non-hydrogen) atoms. The summed E-state index contributed by atoms with van der Waals surface area (Å²) in [7, 11) is 3.12. The molecule has 3 rings (SSSR count). The van der Waals surface area contributed by atoms with Gasteiger partial charge in [-0.05, 0) is 23.8 Å². The van der Waals surface area contributed by atoms with Gasteiger partial charge in [0.2, 0.25) is 6.79 Å². The molecule has 0 fully saturated rings. The second-order valence-electron chi connectivity index (χ2n) is 4.53. The third-order valence-electron chi connectivity index (χ3n) is 3.20. The summed E-state index contributed by atoms with van der Waals surface area (Å²) in [5.74, 6) is 2.57. The van der Waals surface area contributed by atoms with Gasteiger partial charge in [-0.25, -0.2) is 0 Å². The Kier molecular flexibility index (Phi) is 4.06. The molecule has 114 valence electrons. The van der Waals surface area contributed by atoms with Crippen LogP contribution in [0.2, 0.25) is 5.02 Å². The zero-order chi connectivity index (χ0) is 15.5. The van der Waals surface area contributed by atoms with E-state index in [1.54, 1.807) is 32.6 Å². The molecule has 0 aliphatic carbocycles. The Morgan fingerprint density at radius 1 is 1.05 bits per heavy atom. The van der Waals surface area contributed by atoms with E-state index < -0.39 is 0 Å². The summed E-state index contributed by atoms with van der Waals surface area (Å²) in [6.07, 6.45) is 1.72. The van der Waals surface area contributed by atoms with Gasteiger partial charge in [-0.3, -0.25) is 4.99 Å². The molecule has 0 spiro atoms. The molecular weight excluding hydrogens is 306 g/mol. The summed E-state index contributed by atoms with van der Waals surface area (Å²) in [5, 5.41) is 0.473. The SMILES string of the molecule is COc1cc(N=Cc2ccc3c(c2)OCO3)c(OC)cc1Cl. The predicted octanol–water partition coefficient (Wildman–Crippen LogP) is 3.84. The van der Waals surface area contributed by atoms with Crippen molar-refractivity contribution in [2.45, 2.75) is 0 Å². The molecule has 0 atom stereocenters. The maximum atomic E-state index is 6.07. The largest absolute Gasteiger partial charge is 0.495 e. The zero-order valence-corrected chi connectivity index (χ0v) is 12.9. The number of benzene rings is 2. The molecule has 2 aromatic carbocycles. The van der Waals surface area contributed by atoms with Gasteiger partial charge in [0.05, 0.1) is 19.2 Å². The standard InChI is InChI=1S/C16H14ClNO4/c1-19-14-7-12(15(20-2)6-11(14)17)18-8-10-3-4-13-16(5-10)22-9-21-13/h3-8H,9H2,1-2H3. The van der Waals surface area contributed by atoms with Gasteiger partial charge in [-0.1, -0.05) is 11.6 Å². The maximum absolute atomic E-state index is 6.07. The highest BCUT2D eigenvalue weighted by Crippen LogP contribution is 2.38. The molecule has 0 amide bonds. The van der Waals surface area contributed by atoms with Gasteiger partial charge in [0.1, 0.15) is 17.2 Å². The van der Waals surface area contributed by atoms with Gasteiger partial charge >= 0.3 is 0 Å². The molecular formula is C16H14ClNO4. The second kappa shape index (κ2) is 6.15. The van der Waals surface area contributed by atoms with Crippen molar-refractivity contribution in [2.24, 2.45) is 4.99 Å². The van der Waals surface area contributed by atoms with E-state index in [4.69, 9.17) is 30.5 Å². The van der Waals surface area contributed by atoms with Crippen LogP contribution in [0, 0.1) is 0 Å². The van der Waals surface area contributed by atoms with Crippen LogP contribution in [0.15, 0.2) is 35.3 Å². The Hall–Kier alpha value is -2.40. The summed E-state index contributed by atoms with van der Waals surface area (Å²) >= 11 is 6.07. The fraction of sp³-hybridized carbons (Fsp3) is 0.188. The van der Waals surface area contributed by atoms with Crippen LogP contribution in [0.1, 0.15) is 5.56 Å². The molecule has 1 aliphatic heterocycles. The van der Waals surface area contributed by atoms with Crippen LogP contribution in [0.3, 0.4) is 0 Å². The Labute approximate surface area is 133 Å². The molecule has 6 heteroatoms. The lowest BCUT2D eigenvalue weighted by atomic mass is 10.2. The van der Waals surface area contributed by atoms with Crippen molar-refractivity contribution in [3.8, 4) is 23.0 Å². The first kappa shape index (κ1) is 14.5. The van der Waals surface area contributed by atoms with Gasteiger partial charge in [0, 0.05) is 18.3 Å². The van der Waals surface area contributed by atoms with Crippen LogP contribution in [0.4, 0.5) is 5.69 Å². The van der Waals surface area contributed by atoms with Gasteiger partial charge in [0.25, 0.3) is 0 Å². The number of aliphatic imine (C=N–C) groups is 1. The highest BCUT2D eigenvalue weighted by atomic mass is 35.5. The van der Waals surface area contributed by atoms with Crippen LogP contribution in [-0.4, -0.2) is 27.2 Å².